The van der Waals surface area contributed by atoms with Crippen LogP contribution in [0.4, 0.5) is 4.39 Å². The highest BCUT2D eigenvalue weighted by Crippen LogP contribution is 2.04. The molecular weight excluding hydrogens is 141 g/mol. The molecule has 0 aliphatic carbocycles. The Kier molecular flexibility index (Phi) is 4.15. The first-order valence-corrected chi connectivity index (χ1v) is 3.26. The normalized spacial score (nSPS) is 35.3. The van der Waals surface area contributed by atoms with Gasteiger partial charge in [0, 0.05) is 6.42 Å². The van der Waals surface area contributed by atoms with E-state index in [0.29, 0.717) is 12.6 Å². The van der Waals surface area contributed by atoms with Gasteiger partial charge in [-0.3, -0.25) is 0 Å². The number of nitrogens with two attached hydrogens (primary N) is 1. The Bertz CT molecular complexity index is 61.5. The van der Waals surface area contributed by atoms with Crippen molar-refractivity contribution >= 4 is 0 Å². The molecule has 1 aliphatic rings. The maximum absolute atomic E-state index is 12.3. The summed E-state index contributed by atoms with van der Waals surface area (Å²) in [5.74, 6) is 0. The van der Waals surface area contributed by atoms with Crippen LogP contribution in [-0.4, -0.2) is 18.8 Å². The minimum absolute atomic E-state index is 0. The fourth-order valence-electron chi connectivity index (χ4n) is 1.06. The van der Waals surface area contributed by atoms with Crippen LogP contribution in [0.2, 0.25) is 0 Å². The summed E-state index contributed by atoms with van der Waals surface area (Å²) >= 11 is 0. The van der Waals surface area contributed by atoms with Gasteiger partial charge in [-0.2, -0.15) is 0 Å². The molecule has 1 saturated heterocycles. The predicted octanol–water partition coefficient (Wildman–Crippen LogP) is -2.93. The smallest absolute Gasteiger partial charge is 0.149 e. The van der Waals surface area contributed by atoms with Crippen LogP contribution in [0.3, 0.4) is 0 Å². The van der Waals surface area contributed by atoms with Crippen LogP contribution in [0, 0.1) is 0 Å². The van der Waals surface area contributed by atoms with Crippen molar-refractivity contribution in [1.82, 2.24) is 0 Å². The summed E-state index contributed by atoms with van der Waals surface area (Å²) in [6.45, 7) is 2.83. The first-order chi connectivity index (χ1) is 3.79. The molecule has 2 atom stereocenters. The molecule has 0 aromatic rings. The van der Waals surface area contributed by atoms with Gasteiger partial charge in [0.15, 0.2) is 0 Å². The van der Waals surface area contributed by atoms with Crippen LogP contribution in [-0.2, 0) is 0 Å². The van der Waals surface area contributed by atoms with Gasteiger partial charge >= 0.3 is 0 Å². The molecule has 1 rings (SSSR count). The SMILES string of the molecule is CC1CCC(F)C[NH2+]1.[Cl-]. The van der Waals surface area contributed by atoms with Gasteiger partial charge in [-0.05, 0) is 13.3 Å². The van der Waals surface area contributed by atoms with Crippen LogP contribution in [0.25, 0.3) is 0 Å². The number of alkyl halides is 1. The highest BCUT2D eigenvalue weighted by atomic mass is 35.5. The van der Waals surface area contributed by atoms with E-state index in [1.54, 1.807) is 0 Å². The van der Waals surface area contributed by atoms with Gasteiger partial charge in [-0.15, -0.1) is 0 Å². The molecule has 0 spiro atoms. The molecule has 2 N–H and O–H groups in total. The van der Waals surface area contributed by atoms with Crippen molar-refractivity contribution in [2.24, 2.45) is 0 Å². The van der Waals surface area contributed by atoms with Crippen molar-refractivity contribution < 1.29 is 22.1 Å². The highest BCUT2D eigenvalue weighted by molar-refractivity contribution is 4.60. The molecule has 2 unspecified atom stereocenters. The average molecular weight is 154 g/mol. The van der Waals surface area contributed by atoms with Gasteiger partial charge in [0.05, 0.1) is 6.04 Å². The van der Waals surface area contributed by atoms with Crippen molar-refractivity contribution in [3.63, 3.8) is 0 Å². The lowest BCUT2D eigenvalue weighted by Crippen LogP contribution is -3.00. The molecule has 0 aromatic heterocycles. The maximum Gasteiger partial charge on any atom is 0.149 e. The largest absolute Gasteiger partial charge is 1.00 e. The Labute approximate surface area is 61.4 Å². The predicted molar refractivity (Wildman–Crippen MR) is 30.4 cm³/mol. The zero-order valence-corrected chi connectivity index (χ0v) is 6.37. The third-order valence-electron chi connectivity index (χ3n) is 1.73. The van der Waals surface area contributed by atoms with Crippen LogP contribution in [0.15, 0.2) is 0 Å². The van der Waals surface area contributed by atoms with E-state index in [0.717, 1.165) is 12.8 Å². The Morgan fingerprint density at radius 2 is 2.11 bits per heavy atom. The highest BCUT2D eigenvalue weighted by Gasteiger charge is 2.18. The molecule has 0 bridgehead atoms. The van der Waals surface area contributed by atoms with Gasteiger partial charge in [0.2, 0.25) is 0 Å². The van der Waals surface area contributed by atoms with Crippen LogP contribution >= 0.6 is 0 Å². The third-order valence-corrected chi connectivity index (χ3v) is 1.73. The molecule has 0 saturated carbocycles. The zero-order chi connectivity index (χ0) is 5.98. The van der Waals surface area contributed by atoms with E-state index < -0.39 is 6.17 Å². The summed E-state index contributed by atoms with van der Waals surface area (Å²) in [7, 11) is 0. The van der Waals surface area contributed by atoms with Gasteiger partial charge < -0.3 is 17.7 Å². The van der Waals surface area contributed by atoms with Crippen molar-refractivity contribution in [2.75, 3.05) is 6.54 Å². The lowest BCUT2D eigenvalue weighted by molar-refractivity contribution is -0.698. The topological polar surface area (TPSA) is 16.6 Å². The quantitative estimate of drug-likeness (QED) is 0.384. The van der Waals surface area contributed by atoms with Crippen LogP contribution in [0.1, 0.15) is 19.8 Å². The third kappa shape index (κ3) is 3.01. The summed E-state index contributed by atoms with van der Waals surface area (Å²) in [6, 6.07) is 0.655. The zero-order valence-electron chi connectivity index (χ0n) is 5.61. The fraction of sp³-hybridized carbons (Fsp3) is 1.00. The summed E-state index contributed by atoms with van der Waals surface area (Å²) in [4.78, 5) is 0. The van der Waals surface area contributed by atoms with Gasteiger partial charge in [-0.1, -0.05) is 0 Å². The molecule has 9 heavy (non-hydrogen) atoms. The van der Waals surface area contributed by atoms with Crippen molar-refractivity contribution in [1.29, 1.82) is 0 Å². The number of halogens is 2. The van der Waals surface area contributed by atoms with Crippen molar-refractivity contribution in [3.05, 3.63) is 0 Å². The average Bonchev–Trinajstić information content (AvgIpc) is 1.77. The first kappa shape index (κ1) is 9.18. The molecule has 1 nitrogen and oxygen atoms in total. The lowest BCUT2D eigenvalue weighted by Gasteiger charge is -2.18. The van der Waals surface area contributed by atoms with E-state index in [2.05, 4.69) is 12.2 Å². The van der Waals surface area contributed by atoms with Gasteiger partial charge in [0.25, 0.3) is 0 Å². The fourth-order valence-corrected chi connectivity index (χ4v) is 1.06. The molecule has 0 amide bonds. The Balaban J connectivity index is 0.000000640. The molecule has 1 aliphatic heterocycles. The Hall–Kier alpha value is 0.180. The van der Waals surface area contributed by atoms with Crippen molar-refractivity contribution in [2.45, 2.75) is 32.0 Å². The number of piperidine rings is 1. The van der Waals surface area contributed by atoms with E-state index in [4.69, 9.17) is 0 Å². The second kappa shape index (κ2) is 4.07. The lowest BCUT2D eigenvalue weighted by atomic mass is 10.1. The van der Waals surface area contributed by atoms with E-state index in [1.165, 1.54) is 0 Å². The molecule has 1 heterocycles. The van der Waals surface area contributed by atoms with Gasteiger partial charge in [0.1, 0.15) is 12.7 Å². The molecule has 1 fully saturated rings. The van der Waals surface area contributed by atoms with Crippen LogP contribution in [0.5, 0.6) is 0 Å². The van der Waals surface area contributed by atoms with E-state index in [-0.39, 0.29) is 12.4 Å². The minimum atomic E-state index is -0.536. The number of rotatable bonds is 0. The van der Waals surface area contributed by atoms with E-state index in [9.17, 15) is 4.39 Å². The summed E-state index contributed by atoms with van der Waals surface area (Å²) in [5, 5.41) is 2.08. The first-order valence-electron chi connectivity index (χ1n) is 3.26. The van der Waals surface area contributed by atoms with Crippen LogP contribution < -0.4 is 17.7 Å². The summed E-state index contributed by atoms with van der Waals surface area (Å²) < 4.78 is 12.3. The molecule has 0 aromatic carbocycles. The van der Waals surface area contributed by atoms with Crippen molar-refractivity contribution in [3.8, 4) is 0 Å². The summed E-state index contributed by atoms with van der Waals surface area (Å²) in [5.41, 5.74) is 0. The number of quaternary nitrogens is 1. The van der Waals surface area contributed by atoms with E-state index in [1.807, 2.05) is 0 Å². The number of hydrogen-bond acceptors (Lipinski definition) is 0. The summed E-state index contributed by atoms with van der Waals surface area (Å²) in [6.07, 6.45) is 1.28. The molecular formula is C6H13ClFN. The monoisotopic (exact) mass is 153 g/mol. The Morgan fingerprint density at radius 3 is 2.44 bits per heavy atom. The minimum Gasteiger partial charge on any atom is -1.00 e. The standard InChI is InChI=1S/C6H12FN.ClH/c1-5-2-3-6(7)4-8-5;/h5-6,8H,2-4H2,1H3;1H. The van der Waals surface area contributed by atoms with E-state index >= 15 is 0 Å². The maximum atomic E-state index is 12.3. The molecule has 56 valence electrons. The molecule has 0 radical (unpaired) electrons. The second-order valence-electron chi connectivity index (χ2n) is 2.62. The van der Waals surface area contributed by atoms with Gasteiger partial charge in [-0.25, -0.2) is 4.39 Å². The Morgan fingerprint density at radius 1 is 1.44 bits per heavy atom. The number of hydrogen-bond donors (Lipinski definition) is 1. The second-order valence-corrected chi connectivity index (χ2v) is 2.62. The molecule has 3 heteroatoms.